The Kier molecular flexibility index (Phi) is 11.4. The molecule has 3 aliphatic carbocycles. The molecular weight excluding hydrogens is 618 g/mol. The Labute approximate surface area is 268 Å². The molecule has 2 saturated carbocycles. The molecule has 2 N–H and O–H groups in total. The van der Waals surface area contributed by atoms with Crippen LogP contribution in [0.4, 0.5) is 35.1 Å². The van der Waals surface area contributed by atoms with E-state index in [0.29, 0.717) is 25.7 Å². The molecule has 0 spiro atoms. The quantitative estimate of drug-likeness (QED) is 0.144. The molecule has 4 rings (SSSR count). The number of aromatic hydroxyl groups is 1. The topological polar surface area (TPSA) is 43.7 Å². The number of fused-ring (bicyclic) bond motifs is 5. The lowest BCUT2D eigenvalue weighted by Gasteiger charge is -2.56. The van der Waals surface area contributed by atoms with Crippen LogP contribution in [-0.4, -0.2) is 65.0 Å². The molecule has 2 fully saturated rings. The molecular formula is C35H51F8NO2. The zero-order valence-corrected chi connectivity index (χ0v) is 27.3. The number of nitrogens with zero attached hydrogens (tertiary/aromatic N) is 1. The average Bonchev–Trinajstić information content (AvgIpc) is 3.18. The van der Waals surface area contributed by atoms with Crippen LogP contribution >= 0.6 is 0 Å². The van der Waals surface area contributed by atoms with Gasteiger partial charge < -0.3 is 15.1 Å². The van der Waals surface area contributed by atoms with Crippen LogP contribution < -0.4 is 0 Å². The second kappa shape index (κ2) is 14.1. The monoisotopic (exact) mass is 669 g/mol. The maximum absolute atomic E-state index is 16.1. The third-order valence-electron chi connectivity index (χ3n) is 11.9. The fourth-order valence-corrected chi connectivity index (χ4v) is 8.98. The fraction of sp³-hybridized carbons (Fsp3) is 0.829. The van der Waals surface area contributed by atoms with E-state index in [9.17, 15) is 40.9 Å². The normalized spacial score (nSPS) is 31.5. The highest BCUT2D eigenvalue weighted by molar-refractivity contribution is 5.41. The van der Waals surface area contributed by atoms with Crippen molar-refractivity contribution in [3.63, 3.8) is 0 Å². The highest BCUT2D eigenvalue weighted by Crippen LogP contribution is 2.66. The number of phenols is 1. The van der Waals surface area contributed by atoms with Gasteiger partial charge in [0.25, 0.3) is 0 Å². The summed E-state index contributed by atoms with van der Waals surface area (Å²) in [5.41, 5.74) is 0.702. The van der Waals surface area contributed by atoms with Crippen molar-refractivity contribution in [2.45, 2.75) is 139 Å². The molecule has 11 heteroatoms. The number of unbranched alkanes of at least 4 members (excludes halogenated alkanes) is 6. The van der Waals surface area contributed by atoms with Crippen molar-refractivity contribution in [2.75, 3.05) is 20.1 Å². The summed E-state index contributed by atoms with van der Waals surface area (Å²) in [4.78, 5) is 2.18. The Balaban J connectivity index is 1.19. The summed E-state index contributed by atoms with van der Waals surface area (Å²) in [6.07, 6.45) is -0.455. The van der Waals surface area contributed by atoms with Crippen LogP contribution in [0.5, 0.6) is 5.75 Å². The van der Waals surface area contributed by atoms with E-state index in [-0.39, 0.29) is 35.8 Å². The summed E-state index contributed by atoms with van der Waals surface area (Å²) < 4.78 is 106. The van der Waals surface area contributed by atoms with Crippen LogP contribution in [0.3, 0.4) is 0 Å². The first-order valence-corrected chi connectivity index (χ1v) is 17.0. The minimum atomic E-state index is -6.27. The van der Waals surface area contributed by atoms with Crippen LogP contribution in [0.25, 0.3) is 0 Å². The van der Waals surface area contributed by atoms with E-state index < -0.39 is 48.1 Å². The molecule has 0 aromatic heterocycles. The summed E-state index contributed by atoms with van der Waals surface area (Å²) in [5.74, 6) is -10.5. The third kappa shape index (κ3) is 7.50. The van der Waals surface area contributed by atoms with E-state index in [1.807, 2.05) is 20.0 Å². The van der Waals surface area contributed by atoms with Crippen molar-refractivity contribution in [3.05, 3.63) is 29.3 Å². The molecule has 46 heavy (non-hydrogen) atoms. The molecule has 264 valence electrons. The number of hydrogen-bond donors (Lipinski definition) is 2. The molecule has 3 nitrogen and oxygen atoms in total. The highest BCUT2D eigenvalue weighted by atomic mass is 19.4. The number of rotatable bonds is 15. The van der Waals surface area contributed by atoms with Gasteiger partial charge in [0.05, 0.1) is 5.60 Å². The number of halogens is 8. The van der Waals surface area contributed by atoms with Crippen LogP contribution in [0.2, 0.25) is 0 Å². The minimum absolute atomic E-state index is 0.148. The van der Waals surface area contributed by atoms with Crippen molar-refractivity contribution in [2.24, 2.45) is 23.2 Å². The molecule has 1 aromatic rings. The van der Waals surface area contributed by atoms with Gasteiger partial charge in [-0.3, -0.25) is 0 Å². The molecule has 7 atom stereocenters. The van der Waals surface area contributed by atoms with Gasteiger partial charge in [-0.15, -0.1) is 0 Å². The average molecular weight is 670 g/mol. The van der Waals surface area contributed by atoms with Crippen molar-refractivity contribution in [3.8, 4) is 5.75 Å². The van der Waals surface area contributed by atoms with Crippen LogP contribution in [0.1, 0.15) is 114 Å². The Morgan fingerprint density at radius 1 is 0.891 bits per heavy atom. The van der Waals surface area contributed by atoms with Gasteiger partial charge in [0.1, 0.15) is 11.9 Å². The van der Waals surface area contributed by atoms with E-state index in [1.54, 1.807) is 12.1 Å². The third-order valence-corrected chi connectivity index (χ3v) is 11.9. The molecule has 3 aliphatic rings. The standard InChI is InChI=1S/C35H51F8NO2/c1-31-22-28(36)30-26-14-13-25(45)21-24(26)20-23(29(30)27(31)15-17-32(31,2)46)12-8-7-11-19-44(3)18-10-6-4-5-9-16-33(37,38)34(39,40)35(41,42)43/h13-14,21,23,27-30,45-46H,4-12,15-20,22H2,1-3H3/t23-,27+,28?,29+,30+,31+,32+/m1/s1. The second-order valence-corrected chi connectivity index (χ2v) is 15.0. The van der Waals surface area contributed by atoms with Gasteiger partial charge in [-0.25, -0.2) is 4.39 Å². The summed E-state index contributed by atoms with van der Waals surface area (Å²) in [6, 6.07) is 5.35. The van der Waals surface area contributed by atoms with E-state index in [1.165, 1.54) is 0 Å². The number of phenolic OH excluding ortho intramolecular Hbond substituents is 1. The minimum Gasteiger partial charge on any atom is -0.508 e. The maximum atomic E-state index is 16.1. The van der Waals surface area contributed by atoms with Crippen LogP contribution in [0.15, 0.2) is 18.2 Å². The van der Waals surface area contributed by atoms with Gasteiger partial charge in [-0.05, 0) is 119 Å². The number of aliphatic hydroxyl groups is 1. The lowest BCUT2D eigenvalue weighted by atomic mass is 9.50. The van der Waals surface area contributed by atoms with E-state index >= 15 is 4.39 Å². The van der Waals surface area contributed by atoms with Gasteiger partial charge in [-0.1, -0.05) is 45.1 Å². The SMILES string of the molecule is CN(CCCCCCCC(F)(F)C(F)(F)C(F)(F)F)CCCCC[C@@H]1Cc2cc(O)ccc2[C@H]2C(F)C[C@@]3(C)[C@@H](CC[C@]3(C)O)[C@H]12. The molecule has 0 heterocycles. The first-order valence-electron chi connectivity index (χ1n) is 17.0. The summed E-state index contributed by atoms with van der Waals surface area (Å²) in [7, 11) is 1.99. The Morgan fingerprint density at radius 3 is 2.15 bits per heavy atom. The highest BCUT2D eigenvalue weighted by Gasteiger charge is 2.72. The summed E-state index contributed by atoms with van der Waals surface area (Å²) >= 11 is 0. The summed E-state index contributed by atoms with van der Waals surface area (Å²) in [5, 5.41) is 21.4. The molecule has 0 aliphatic heterocycles. The van der Waals surface area contributed by atoms with Crippen LogP contribution in [-0.2, 0) is 6.42 Å². The van der Waals surface area contributed by atoms with E-state index in [2.05, 4.69) is 11.8 Å². The summed E-state index contributed by atoms with van der Waals surface area (Å²) in [6.45, 7) is 5.58. The predicted molar refractivity (Wildman–Crippen MR) is 162 cm³/mol. The number of hydrogen-bond acceptors (Lipinski definition) is 3. The van der Waals surface area contributed by atoms with E-state index in [4.69, 9.17) is 0 Å². The zero-order valence-electron chi connectivity index (χ0n) is 27.3. The maximum Gasteiger partial charge on any atom is 0.459 e. The van der Waals surface area contributed by atoms with Crippen molar-refractivity contribution in [1.82, 2.24) is 4.90 Å². The zero-order chi connectivity index (χ0) is 34.1. The molecule has 1 unspecified atom stereocenters. The van der Waals surface area contributed by atoms with Crippen molar-refractivity contribution >= 4 is 0 Å². The molecule has 0 radical (unpaired) electrons. The lowest BCUT2D eigenvalue weighted by Crippen LogP contribution is -2.54. The molecule has 0 saturated heterocycles. The first-order chi connectivity index (χ1) is 21.3. The second-order valence-electron chi connectivity index (χ2n) is 15.0. The van der Waals surface area contributed by atoms with E-state index in [0.717, 1.165) is 69.2 Å². The smallest absolute Gasteiger partial charge is 0.459 e. The Bertz CT molecular complexity index is 1160. The predicted octanol–water partition coefficient (Wildman–Crippen LogP) is 9.84. The lowest BCUT2D eigenvalue weighted by molar-refractivity contribution is -0.355. The van der Waals surface area contributed by atoms with Crippen molar-refractivity contribution < 1.29 is 45.3 Å². The molecule has 1 aromatic carbocycles. The van der Waals surface area contributed by atoms with Crippen molar-refractivity contribution in [1.29, 1.82) is 0 Å². The first kappa shape index (κ1) is 37.2. The van der Waals surface area contributed by atoms with Gasteiger partial charge in [0.15, 0.2) is 0 Å². The number of alkyl halides is 8. The largest absolute Gasteiger partial charge is 0.508 e. The number of benzene rings is 1. The Morgan fingerprint density at radius 2 is 1.50 bits per heavy atom. The van der Waals surface area contributed by atoms with Gasteiger partial charge >= 0.3 is 18.0 Å². The molecule has 0 amide bonds. The van der Waals surface area contributed by atoms with Gasteiger partial charge in [0, 0.05) is 17.8 Å². The van der Waals surface area contributed by atoms with Crippen LogP contribution in [0, 0.1) is 23.2 Å². The molecule has 0 bridgehead atoms. The van der Waals surface area contributed by atoms with Gasteiger partial charge in [0.2, 0.25) is 0 Å². The Hall–Kier alpha value is -1.62. The van der Waals surface area contributed by atoms with Gasteiger partial charge in [-0.2, -0.15) is 30.7 Å². The fourth-order valence-electron chi connectivity index (χ4n) is 8.98.